The van der Waals surface area contributed by atoms with Gasteiger partial charge in [0.2, 0.25) is 0 Å². The third-order valence-corrected chi connectivity index (χ3v) is 2.07. The monoisotopic (exact) mass is 279 g/mol. The van der Waals surface area contributed by atoms with Gasteiger partial charge in [-0.1, -0.05) is 32.4 Å². The van der Waals surface area contributed by atoms with Crippen LogP contribution in [0.3, 0.4) is 0 Å². The second-order valence-electron chi connectivity index (χ2n) is 6.02. The highest BCUT2D eigenvalue weighted by atomic mass is 35.5. The Morgan fingerprint density at radius 3 is 2.00 bits per heavy atom. The highest BCUT2D eigenvalue weighted by molar-refractivity contribution is 6.17. The number of hydrogen-bond acceptors (Lipinski definition) is 4. The second-order valence-corrected chi connectivity index (χ2v) is 6.24. The minimum Gasteiger partial charge on any atom is -0.448 e. The molecule has 106 valence electrons. The van der Waals surface area contributed by atoms with Crippen molar-refractivity contribution in [3.63, 3.8) is 0 Å². The lowest BCUT2D eigenvalue weighted by Gasteiger charge is -2.30. The minimum atomic E-state index is -0.814. The lowest BCUT2D eigenvalue weighted by atomic mass is 9.87. The van der Waals surface area contributed by atoms with Crippen molar-refractivity contribution >= 4 is 23.7 Å². The standard InChI is InChI=1S/C12H22ClNO4/c1-11(2,3)8(9(15)17-7-13)14-10(16)18-12(4,5)6/h8H,7H2,1-6H3,(H,14,16). The predicted octanol–water partition coefficient (Wildman–Crippen LogP) is 2.67. The molecule has 0 aliphatic rings. The molecule has 0 aromatic carbocycles. The largest absolute Gasteiger partial charge is 0.448 e. The molecule has 0 fully saturated rings. The molecule has 18 heavy (non-hydrogen) atoms. The molecule has 0 aliphatic heterocycles. The third kappa shape index (κ3) is 6.69. The fraction of sp³-hybridized carbons (Fsp3) is 0.833. The topological polar surface area (TPSA) is 64.6 Å². The van der Waals surface area contributed by atoms with Crippen LogP contribution in [0.1, 0.15) is 41.5 Å². The van der Waals surface area contributed by atoms with Gasteiger partial charge in [-0.05, 0) is 26.2 Å². The molecule has 0 spiro atoms. The molecule has 0 saturated heterocycles. The average Bonchev–Trinajstić information content (AvgIpc) is 2.09. The highest BCUT2D eigenvalue weighted by Crippen LogP contribution is 2.21. The number of carbonyl (C=O) groups is 2. The van der Waals surface area contributed by atoms with Crippen LogP contribution in [0.4, 0.5) is 4.79 Å². The van der Waals surface area contributed by atoms with Crippen molar-refractivity contribution in [1.82, 2.24) is 5.32 Å². The Kier molecular flexibility index (Phi) is 5.93. The molecule has 0 radical (unpaired) electrons. The van der Waals surface area contributed by atoms with Crippen LogP contribution in [0.25, 0.3) is 0 Å². The van der Waals surface area contributed by atoms with Crippen LogP contribution in [0, 0.1) is 5.41 Å². The van der Waals surface area contributed by atoms with Gasteiger partial charge in [-0.15, -0.1) is 0 Å². The summed E-state index contributed by atoms with van der Waals surface area (Å²) in [6.45, 7) is 10.7. The Bertz CT molecular complexity index is 304. The molecule has 5 nitrogen and oxygen atoms in total. The number of amides is 1. The van der Waals surface area contributed by atoms with Crippen molar-refractivity contribution in [2.24, 2.45) is 5.41 Å². The smallest absolute Gasteiger partial charge is 0.408 e. The first kappa shape index (κ1) is 17.0. The van der Waals surface area contributed by atoms with Gasteiger partial charge in [0.15, 0.2) is 6.07 Å². The van der Waals surface area contributed by atoms with Gasteiger partial charge in [-0.3, -0.25) is 0 Å². The van der Waals surface area contributed by atoms with Crippen LogP contribution >= 0.6 is 11.6 Å². The summed E-state index contributed by atoms with van der Waals surface area (Å²) in [6, 6.07) is -1.06. The van der Waals surface area contributed by atoms with Crippen molar-refractivity contribution in [2.45, 2.75) is 53.2 Å². The fourth-order valence-corrected chi connectivity index (χ4v) is 1.30. The van der Waals surface area contributed by atoms with Crippen molar-refractivity contribution in [1.29, 1.82) is 0 Å². The van der Waals surface area contributed by atoms with Gasteiger partial charge in [0.05, 0.1) is 0 Å². The van der Waals surface area contributed by atoms with Crippen molar-refractivity contribution in [3.8, 4) is 0 Å². The number of carbonyl (C=O) groups excluding carboxylic acids is 2. The second kappa shape index (κ2) is 6.27. The zero-order chi connectivity index (χ0) is 14.6. The maximum Gasteiger partial charge on any atom is 0.408 e. The predicted molar refractivity (Wildman–Crippen MR) is 69.4 cm³/mol. The number of esters is 1. The normalized spacial score (nSPS) is 13.7. The summed E-state index contributed by atoms with van der Waals surface area (Å²) < 4.78 is 9.82. The summed E-state index contributed by atoms with van der Waals surface area (Å²) >= 11 is 5.35. The summed E-state index contributed by atoms with van der Waals surface area (Å²) in [5.74, 6) is -0.580. The average molecular weight is 280 g/mol. The highest BCUT2D eigenvalue weighted by Gasteiger charge is 2.35. The number of halogens is 1. The van der Waals surface area contributed by atoms with E-state index < -0.39 is 29.1 Å². The molecule has 0 saturated carbocycles. The van der Waals surface area contributed by atoms with E-state index in [2.05, 4.69) is 5.32 Å². The summed E-state index contributed by atoms with van der Waals surface area (Å²) in [5.41, 5.74) is -1.12. The van der Waals surface area contributed by atoms with Gasteiger partial charge >= 0.3 is 12.1 Å². The Balaban J connectivity index is 4.72. The lowest BCUT2D eigenvalue weighted by molar-refractivity contribution is -0.147. The van der Waals surface area contributed by atoms with E-state index in [1.54, 1.807) is 20.8 Å². The molecule has 0 bridgehead atoms. The molecule has 0 aromatic heterocycles. The molecule has 0 heterocycles. The molecular formula is C12H22ClNO4. The fourth-order valence-electron chi connectivity index (χ4n) is 1.19. The summed E-state index contributed by atoms with van der Waals surface area (Å²) in [6.07, 6.45) is -0.658. The maximum atomic E-state index is 11.7. The van der Waals surface area contributed by atoms with E-state index >= 15 is 0 Å². The Morgan fingerprint density at radius 1 is 1.17 bits per heavy atom. The van der Waals surface area contributed by atoms with Crippen LogP contribution in [-0.4, -0.2) is 29.8 Å². The lowest BCUT2D eigenvalue weighted by Crippen LogP contribution is -2.51. The Labute approximate surface area is 113 Å². The first-order chi connectivity index (χ1) is 7.97. The van der Waals surface area contributed by atoms with Crippen LogP contribution in [-0.2, 0) is 14.3 Å². The number of rotatable bonds is 3. The Hall–Kier alpha value is -0.970. The summed E-state index contributed by atoms with van der Waals surface area (Å²) in [4.78, 5) is 23.4. The van der Waals surface area contributed by atoms with Gasteiger partial charge < -0.3 is 14.8 Å². The van der Waals surface area contributed by atoms with Gasteiger partial charge in [-0.2, -0.15) is 0 Å². The SMILES string of the molecule is CC(C)(C)OC(=O)NC(C(=O)OCCl)C(C)(C)C. The van der Waals surface area contributed by atoms with Gasteiger partial charge in [0.1, 0.15) is 11.6 Å². The van der Waals surface area contributed by atoms with Crippen LogP contribution in [0.2, 0.25) is 0 Å². The quantitative estimate of drug-likeness (QED) is 0.637. The molecular weight excluding hydrogens is 258 g/mol. The van der Waals surface area contributed by atoms with Gasteiger partial charge in [-0.25, -0.2) is 9.59 Å². The molecule has 0 rings (SSSR count). The summed E-state index contributed by atoms with van der Waals surface area (Å²) in [7, 11) is 0. The van der Waals surface area contributed by atoms with Gasteiger partial charge in [0, 0.05) is 0 Å². The van der Waals surface area contributed by atoms with Crippen LogP contribution in [0.5, 0.6) is 0 Å². The zero-order valence-electron chi connectivity index (χ0n) is 11.8. The molecule has 1 atom stereocenters. The molecule has 0 aliphatic carbocycles. The minimum absolute atomic E-state index is 0.249. The third-order valence-electron chi connectivity index (χ3n) is 1.96. The number of alkyl halides is 1. The number of hydrogen-bond donors (Lipinski definition) is 1. The Morgan fingerprint density at radius 2 is 1.67 bits per heavy atom. The van der Waals surface area contributed by atoms with E-state index in [0.717, 1.165) is 0 Å². The van der Waals surface area contributed by atoms with E-state index in [-0.39, 0.29) is 6.07 Å². The first-order valence-corrected chi connectivity index (χ1v) is 6.23. The van der Waals surface area contributed by atoms with Crippen LogP contribution in [0.15, 0.2) is 0 Å². The number of nitrogens with one attached hydrogen (secondary N) is 1. The summed E-state index contributed by atoms with van der Waals surface area (Å²) in [5, 5.41) is 2.50. The van der Waals surface area contributed by atoms with Crippen molar-refractivity contribution in [3.05, 3.63) is 0 Å². The van der Waals surface area contributed by atoms with Crippen molar-refractivity contribution < 1.29 is 19.1 Å². The number of alkyl carbamates (subject to hydrolysis) is 1. The maximum absolute atomic E-state index is 11.7. The van der Waals surface area contributed by atoms with E-state index in [1.165, 1.54) is 0 Å². The molecule has 0 aromatic rings. The van der Waals surface area contributed by atoms with Crippen molar-refractivity contribution in [2.75, 3.05) is 6.07 Å². The van der Waals surface area contributed by atoms with E-state index in [1.807, 2.05) is 20.8 Å². The molecule has 6 heteroatoms. The first-order valence-electron chi connectivity index (χ1n) is 5.69. The molecule has 1 N–H and O–H groups in total. The molecule has 1 unspecified atom stereocenters. The van der Waals surface area contributed by atoms with E-state index in [0.29, 0.717) is 0 Å². The van der Waals surface area contributed by atoms with Crippen LogP contribution < -0.4 is 5.32 Å². The molecule has 1 amide bonds. The number of ether oxygens (including phenoxy) is 2. The zero-order valence-corrected chi connectivity index (χ0v) is 12.6. The van der Waals surface area contributed by atoms with Gasteiger partial charge in [0.25, 0.3) is 0 Å². The van der Waals surface area contributed by atoms with E-state index in [4.69, 9.17) is 21.1 Å². The van der Waals surface area contributed by atoms with E-state index in [9.17, 15) is 9.59 Å².